The average Bonchev–Trinajstić information content (AvgIpc) is 0.722. The Morgan fingerprint density at radius 2 is 1.14 bits per heavy atom. The molecule has 0 bridgehead atoms. The first-order valence-electron chi connectivity index (χ1n) is 0.667. The monoisotopic (exact) mass is 217 g/mol. The van der Waals surface area contributed by atoms with E-state index in [2.05, 4.69) is 0 Å². The van der Waals surface area contributed by atoms with E-state index in [4.69, 9.17) is 17.5 Å². The standard InChI is InChI=1S/H3N.H2O4S.Rh/c;1-5(2,3)4;/h1H3;(H2,1,2,3,4);/q;;+3/p-1. The third-order valence-corrected chi connectivity index (χ3v) is 0. The molecule has 0 saturated heterocycles. The van der Waals surface area contributed by atoms with Gasteiger partial charge in [0, 0.05) is 10.4 Å². The maximum absolute atomic E-state index is 8.52. The quantitative estimate of drug-likeness (QED) is 0.319. The van der Waals surface area contributed by atoms with Gasteiger partial charge in [0.15, 0.2) is 0 Å². The third-order valence-electron chi connectivity index (χ3n) is 0. The van der Waals surface area contributed by atoms with Crippen molar-refractivity contribution in [2.24, 2.45) is 0 Å². The summed E-state index contributed by atoms with van der Waals surface area (Å²) >= 11 is 0. The predicted octanol–water partition coefficient (Wildman–Crippen LogP) is -0.964. The van der Waals surface area contributed by atoms with Crippen LogP contribution in [0.25, 0.3) is 0 Å². The van der Waals surface area contributed by atoms with Gasteiger partial charge in [-0.2, -0.15) is 0 Å². The van der Waals surface area contributed by atoms with Crippen LogP contribution in [0.4, 0.5) is 0 Å². The molecule has 4 N–H and O–H groups in total. The summed E-state index contributed by atoms with van der Waals surface area (Å²) in [6.45, 7) is 0. The first-order valence-corrected chi connectivity index (χ1v) is 2.00. The Labute approximate surface area is 54.0 Å². The van der Waals surface area contributed by atoms with Gasteiger partial charge >= 0.3 is 19.5 Å². The van der Waals surface area contributed by atoms with Crippen molar-refractivity contribution in [1.82, 2.24) is 6.15 Å². The maximum atomic E-state index is 8.52. The second-order valence-corrected chi connectivity index (χ2v) is 1.22. The summed E-state index contributed by atoms with van der Waals surface area (Å²) in [6, 6.07) is 0. The predicted molar refractivity (Wildman–Crippen MR) is 16.5 cm³/mol. The fourth-order valence-electron chi connectivity index (χ4n) is 0. The molecule has 0 heterocycles. The molecule has 0 saturated carbocycles. The van der Waals surface area contributed by atoms with Crippen LogP contribution in [0.3, 0.4) is 0 Å². The van der Waals surface area contributed by atoms with E-state index in [0.29, 0.717) is 0 Å². The Hall–Kier alpha value is 0.453. The maximum Gasteiger partial charge on any atom is 3.00 e. The fourth-order valence-corrected chi connectivity index (χ4v) is 0. The Morgan fingerprint density at radius 3 is 1.14 bits per heavy atom. The molecule has 0 aromatic rings. The van der Waals surface area contributed by atoms with Gasteiger partial charge in [-0.25, -0.2) is 0 Å². The van der Waals surface area contributed by atoms with Crippen LogP contribution in [-0.4, -0.2) is 17.5 Å². The van der Waals surface area contributed by atoms with E-state index in [-0.39, 0.29) is 25.6 Å². The zero-order valence-electron chi connectivity index (χ0n) is 3.37. The van der Waals surface area contributed by atoms with Gasteiger partial charge in [0.25, 0.3) is 0 Å². The van der Waals surface area contributed by atoms with Crippen molar-refractivity contribution in [2.45, 2.75) is 0 Å². The van der Waals surface area contributed by atoms with Crippen molar-refractivity contribution in [1.29, 1.82) is 0 Å². The molecule has 0 aromatic carbocycles. The van der Waals surface area contributed by atoms with Gasteiger partial charge in [-0.15, -0.1) is 0 Å². The zero-order valence-corrected chi connectivity index (χ0v) is 5.83. The van der Waals surface area contributed by atoms with Crippen LogP contribution in [0.2, 0.25) is 0 Å². The molecular formula is H4NO4RhS+2. The summed E-state index contributed by atoms with van der Waals surface area (Å²) in [5, 5.41) is 0. The third kappa shape index (κ3) is 623. The average molecular weight is 217 g/mol. The summed E-state index contributed by atoms with van der Waals surface area (Å²) < 4.78 is 34.1. The van der Waals surface area contributed by atoms with E-state index >= 15 is 0 Å². The SMILES string of the molecule is O=S(=O)([O-])[O-].[NH4+].[Rh+3]. The molecule has 0 fully saturated rings. The van der Waals surface area contributed by atoms with Crippen LogP contribution < -0.4 is 6.15 Å². The minimum Gasteiger partial charge on any atom is -0.759 e. The molecule has 0 aliphatic heterocycles. The van der Waals surface area contributed by atoms with Gasteiger partial charge in [0.1, 0.15) is 0 Å². The molecule has 7 heavy (non-hydrogen) atoms. The van der Waals surface area contributed by atoms with Crippen LogP contribution in [0.1, 0.15) is 0 Å². The molecule has 0 rings (SSSR count). The normalized spacial score (nSPS) is 8.29. The number of hydrogen-bond acceptors (Lipinski definition) is 4. The zero-order chi connectivity index (χ0) is 4.50. The summed E-state index contributed by atoms with van der Waals surface area (Å²) in [5.41, 5.74) is 0. The van der Waals surface area contributed by atoms with E-state index in [0.717, 1.165) is 0 Å². The molecule has 0 atom stereocenters. The van der Waals surface area contributed by atoms with Crippen LogP contribution in [-0.2, 0) is 29.9 Å². The number of rotatable bonds is 0. The minimum atomic E-state index is -5.17. The largest absolute Gasteiger partial charge is 3.00 e. The molecule has 0 amide bonds. The summed E-state index contributed by atoms with van der Waals surface area (Å²) in [5.74, 6) is 0. The van der Waals surface area contributed by atoms with Crippen LogP contribution in [0, 0.1) is 0 Å². The summed E-state index contributed by atoms with van der Waals surface area (Å²) in [7, 11) is -5.17. The van der Waals surface area contributed by atoms with E-state index < -0.39 is 10.4 Å². The van der Waals surface area contributed by atoms with E-state index in [1.165, 1.54) is 0 Å². The van der Waals surface area contributed by atoms with Crippen molar-refractivity contribution >= 4 is 10.4 Å². The van der Waals surface area contributed by atoms with Crippen LogP contribution in [0.15, 0.2) is 0 Å². The van der Waals surface area contributed by atoms with Gasteiger partial charge in [-0.3, -0.25) is 8.42 Å². The van der Waals surface area contributed by atoms with E-state index in [9.17, 15) is 0 Å². The van der Waals surface area contributed by atoms with Crippen molar-refractivity contribution in [3.8, 4) is 0 Å². The minimum absolute atomic E-state index is 0. The number of quaternary nitrogens is 1. The molecule has 46 valence electrons. The van der Waals surface area contributed by atoms with Crippen molar-refractivity contribution in [3.63, 3.8) is 0 Å². The van der Waals surface area contributed by atoms with E-state index in [1.807, 2.05) is 0 Å². The van der Waals surface area contributed by atoms with Gasteiger partial charge in [-0.1, -0.05) is 0 Å². The van der Waals surface area contributed by atoms with Gasteiger partial charge in [-0.05, 0) is 0 Å². The topological polar surface area (TPSA) is 117 Å². The first-order chi connectivity index (χ1) is 2.00. The van der Waals surface area contributed by atoms with Crippen molar-refractivity contribution in [3.05, 3.63) is 0 Å². The fraction of sp³-hybridized carbons (Fsp3) is 0. The Bertz CT molecular complexity index is 94.9. The molecule has 0 unspecified atom stereocenters. The Morgan fingerprint density at radius 1 is 1.14 bits per heavy atom. The smallest absolute Gasteiger partial charge is 0.759 e. The van der Waals surface area contributed by atoms with Crippen LogP contribution in [0.5, 0.6) is 0 Å². The van der Waals surface area contributed by atoms with Crippen molar-refractivity contribution < 1.29 is 37.0 Å². The Kier molecular flexibility index (Phi) is 10.3. The molecule has 7 heteroatoms. The van der Waals surface area contributed by atoms with Gasteiger partial charge in [0.2, 0.25) is 0 Å². The van der Waals surface area contributed by atoms with Crippen LogP contribution >= 0.6 is 0 Å². The van der Waals surface area contributed by atoms with Crippen molar-refractivity contribution in [2.75, 3.05) is 0 Å². The molecule has 0 spiro atoms. The number of hydrogen-bond donors (Lipinski definition) is 1. The van der Waals surface area contributed by atoms with Gasteiger partial charge < -0.3 is 15.3 Å². The summed E-state index contributed by atoms with van der Waals surface area (Å²) in [6.07, 6.45) is 0. The van der Waals surface area contributed by atoms with Gasteiger partial charge in [0.05, 0.1) is 0 Å². The molecule has 0 radical (unpaired) electrons. The molecule has 5 nitrogen and oxygen atoms in total. The second kappa shape index (κ2) is 4.61. The molecular weight excluding hydrogens is 213 g/mol. The molecule has 0 aliphatic carbocycles. The van der Waals surface area contributed by atoms with E-state index in [1.54, 1.807) is 0 Å². The first kappa shape index (κ1) is 15.7. The molecule has 0 aromatic heterocycles. The second-order valence-electron chi connectivity index (χ2n) is 0.408. The Balaban J connectivity index is -0.0000000800. The summed E-state index contributed by atoms with van der Waals surface area (Å²) in [4.78, 5) is 0. The molecule has 0 aliphatic rings.